The third-order valence-corrected chi connectivity index (χ3v) is 4.97. The summed E-state index contributed by atoms with van der Waals surface area (Å²) in [4.78, 5) is 12.4. The van der Waals surface area contributed by atoms with Crippen molar-refractivity contribution < 1.29 is 17.9 Å². The Morgan fingerprint density at radius 1 is 1.17 bits per heavy atom. The van der Waals surface area contributed by atoms with E-state index in [1.54, 1.807) is 25.1 Å². The number of anilines is 1. The van der Waals surface area contributed by atoms with Crippen molar-refractivity contribution in [2.24, 2.45) is 0 Å². The van der Waals surface area contributed by atoms with E-state index in [9.17, 15) is 13.2 Å². The standard InChI is InChI=1S/C16H17ClN2O4S/c1-3-18-24(21,22)13-7-4-11(5-8-13)16(20)19-14-10-12(17)6-9-15(14)23-2/h4-10,18H,3H2,1-2H3,(H,19,20). The third-order valence-electron chi connectivity index (χ3n) is 3.17. The van der Waals surface area contributed by atoms with E-state index < -0.39 is 15.9 Å². The van der Waals surface area contributed by atoms with Gasteiger partial charge in [0.2, 0.25) is 10.0 Å². The van der Waals surface area contributed by atoms with Gasteiger partial charge in [0.25, 0.3) is 5.91 Å². The molecule has 0 bridgehead atoms. The molecule has 0 saturated heterocycles. The fraction of sp³-hybridized carbons (Fsp3) is 0.188. The fourth-order valence-corrected chi connectivity index (χ4v) is 3.24. The second-order valence-electron chi connectivity index (χ2n) is 4.82. The second kappa shape index (κ2) is 7.65. The molecule has 0 aliphatic heterocycles. The molecule has 0 fully saturated rings. The first kappa shape index (κ1) is 18.3. The van der Waals surface area contributed by atoms with E-state index in [2.05, 4.69) is 10.0 Å². The molecule has 2 N–H and O–H groups in total. The maximum Gasteiger partial charge on any atom is 0.255 e. The largest absolute Gasteiger partial charge is 0.495 e. The number of carbonyl (C=O) groups excluding carboxylic acids is 1. The Morgan fingerprint density at radius 3 is 2.42 bits per heavy atom. The summed E-state index contributed by atoms with van der Waals surface area (Å²) in [5.74, 6) is 0.0714. The number of hydrogen-bond acceptors (Lipinski definition) is 4. The molecule has 0 aliphatic rings. The van der Waals surface area contributed by atoms with E-state index in [1.165, 1.54) is 31.4 Å². The number of rotatable bonds is 6. The molecular weight excluding hydrogens is 352 g/mol. The lowest BCUT2D eigenvalue weighted by Gasteiger charge is -2.11. The molecule has 0 saturated carbocycles. The maximum absolute atomic E-state index is 12.3. The molecule has 0 aliphatic carbocycles. The average Bonchev–Trinajstić information content (AvgIpc) is 2.55. The Kier molecular flexibility index (Phi) is 5.82. The number of methoxy groups -OCH3 is 1. The van der Waals surface area contributed by atoms with Crippen LogP contribution in [0, 0.1) is 0 Å². The summed E-state index contributed by atoms with van der Waals surface area (Å²) < 4.78 is 31.3. The Bertz CT molecular complexity index is 836. The summed E-state index contributed by atoms with van der Waals surface area (Å²) in [6.07, 6.45) is 0. The van der Waals surface area contributed by atoms with Crippen LogP contribution >= 0.6 is 11.6 Å². The van der Waals surface area contributed by atoms with Gasteiger partial charge in [0.15, 0.2) is 0 Å². The predicted molar refractivity (Wildman–Crippen MR) is 93.3 cm³/mol. The summed E-state index contributed by atoms with van der Waals surface area (Å²) in [6, 6.07) is 10.5. The van der Waals surface area contributed by atoms with Crippen molar-refractivity contribution in [2.45, 2.75) is 11.8 Å². The van der Waals surface area contributed by atoms with E-state index in [0.717, 1.165) is 0 Å². The average molecular weight is 369 g/mol. The quantitative estimate of drug-likeness (QED) is 0.821. The van der Waals surface area contributed by atoms with Gasteiger partial charge >= 0.3 is 0 Å². The van der Waals surface area contributed by atoms with Crippen LogP contribution in [-0.2, 0) is 10.0 Å². The van der Waals surface area contributed by atoms with Crippen molar-refractivity contribution in [1.29, 1.82) is 0 Å². The normalized spacial score (nSPS) is 11.1. The predicted octanol–water partition coefficient (Wildman–Crippen LogP) is 2.90. The molecule has 0 aromatic heterocycles. The number of amides is 1. The number of carbonyl (C=O) groups is 1. The molecule has 128 valence electrons. The van der Waals surface area contributed by atoms with E-state index in [4.69, 9.17) is 16.3 Å². The van der Waals surface area contributed by atoms with Crippen LogP contribution in [0.5, 0.6) is 5.75 Å². The van der Waals surface area contributed by atoms with Crippen molar-refractivity contribution in [3.63, 3.8) is 0 Å². The van der Waals surface area contributed by atoms with Gasteiger partial charge in [-0.3, -0.25) is 4.79 Å². The topological polar surface area (TPSA) is 84.5 Å². The number of sulfonamides is 1. The van der Waals surface area contributed by atoms with Gasteiger partial charge in [0.05, 0.1) is 17.7 Å². The van der Waals surface area contributed by atoms with Crippen LogP contribution in [0.1, 0.15) is 17.3 Å². The van der Waals surface area contributed by atoms with Gasteiger partial charge in [0.1, 0.15) is 5.75 Å². The molecule has 0 heterocycles. The lowest BCUT2D eigenvalue weighted by Crippen LogP contribution is -2.23. The molecule has 0 radical (unpaired) electrons. The molecule has 0 spiro atoms. The zero-order valence-corrected chi connectivity index (χ0v) is 14.7. The van der Waals surface area contributed by atoms with Crippen molar-refractivity contribution in [3.05, 3.63) is 53.1 Å². The van der Waals surface area contributed by atoms with E-state index in [1.807, 2.05) is 0 Å². The van der Waals surface area contributed by atoms with Crippen LogP contribution in [-0.4, -0.2) is 28.0 Å². The number of halogens is 1. The van der Waals surface area contributed by atoms with Gasteiger partial charge < -0.3 is 10.1 Å². The van der Waals surface area contributed by atoms with E-state index in [-0.39, 0.29) is 4.90 Å². The molecule has 0 unspecified atom stereocenters. The van der Waals surface area contributed by atoms with E-state index >= 15 is 0 Å². The molecule has 0 atom stereocenters. The minimum absolute atomic E-state index is 0.0984. The highest BCUT2D eigenvalue weighted by atomic mass is 35.5. The monoisotopic (exact) mass is 368 g/mol. The van der Waals surface area contributed by atoms with Crippen molar-refractivity contribution in [1.82, 2.24) is 4.72 Å². The molecule has 2 aromatic carbocycles. The molecule has 24 heavy (non-hydrogen) atoms. The van der Waals surface area contributed by atoms with Gasteiger partial charge in [-0.15, -0.1) is 0 Å². The second-order valence-corrected chi connectivity index (χ2v) is 7.03. The van der Waals surface area contributed by atoms with Crippen LogP contribution < -0.4 is 14.8 Å². The molecule has 8 heteroatoms. The van der Waals surface area contributed by atoms with Crippen LogP contribution in [0.4, 0.5) is 5.69 Å². The van der Waals surface area contributed by atoms with Crippen LogP contribution in [0.2, 0.25) is 5.02 Å². The van der Waals surface area contributed by atoms with Gasteiger partial charge in [0, 0.05) is 17.1 Å². The Balaban J connectivity index is 2.21. The van der Waals surface area contributed by atoms with Gasteiger partial charge in [-0.05, 0) is 42.5 Å². The van der Waals surface area contributed by atoms with Crippen molar-refractivity contribution in [3.8, 4) is 5.75 Å². The third kappa shape index (κ3) is 4.25. The van der Waals surface area contributed by atoms with E-state index in [0.29, 0.717) is 28.6 Å². The Labute approximate surface area is 145 Å². The van der Waals surface area contributed by atoms with Gasteiger partial charge in [-0.1, -0.05) is 18.5 Å². The van der Waals surface area contributed by atoms with Gasteiger partial charge in [-0.25, -0.2) is 13.1 Å². The van der Waals surface area contributed by atoms with Crippen LogP contribution in [0.25, 0.3) is 0 Å². The highest BCUT2D eigenvalue weighted by molar-refractivity contribution is 7.89. The SMILES string of the molecule is CCNS(=O)(=O)c1ccc(C(=O)Nc2cc(Cl)ccc2OC)cc1. The van der Waals surface area contributed by atoms with Crippen LogP contribution in [0.3, 0.4) is 0 Å². The fourth-order valence-electron chi connectivity index (χ4n) is 2.03. The molecular formula is C16H17ClN2O4S. The maximum atomic E-state index is 12.3. The summed E-state index contributed by atoms with van der Waals surface area (Å²) in [6.45, 7) is 1.98. The number of ether oxygens (including phenoxy) is 1. The molecule has 6 nitrogen and oxygen atoms in total. The van der Waals surface area contributed by atoms with Crippen molar-refractivity contribution in [2.75, 3.05) is 19.0 Å². The van der Waals surface area contributed by atoms with Crippen LogP contribution in [0.15, 0.2) is 47.4 Å². The minimum Gasteiger partial charge on any atom is -0.495 e. The smallest absolute Gasteiger partial charge is 0.255 e. The summed E-state index contributed by atoms with van der Waals surface area (Å²) in [7, 11) is -2.06. The zero-order valence-electron chi connectivity index (χ0n) is 13.2. The van der Waals surface area contributed by atoms with Crippen molar-refractivity contribution >= 4 is 33.2 Å². The summed E-state index contributed by atoms with van der Waals surface area (Å²) in [5.41, 5.74) is 0.742. The first-order valence-corrected chi connectivity index (χ1v) is 8.98. The minimum atomic E-state index is -3.55. The highest BCUT2D eigenvalue weighted by Crippen LogP contribution is 2.28. The lowest BCUT2D eigenvalue weighted by molar-refractivity contribution is 0.102. The number of hydrogen-bond donors (Lipinski definition) is 2. The molecule has 1 amide bonds. The Hall–Kier alpha value is -2.09. The van der Waals surface area contributed by atoms with Gasteiger partial charge in [-0.2, -0.15) is 0 Å². The zero-order chi connectivity index (χ0) is 17.7. The Morgan fingerprint density at radius 2 is 1.83 bits per heavy atom. The first-order chi connectivity index (χ1) is 11.4. The first-order valence-electron chi connectivity index (χ1n) is 7.12. The number of benzene rings is 2. The highest BCUT2D eigenvalue weighted by Gasteiger charge is 2.15. The lowest BCUT2D eigenvalue weighted by atomic mass is 10.2. The molecule has 2 aromatic rings. The number of nitrogens with one attached hydrogen (secondary N) is 2. The molecule has 2 rings (SSSR count). The summed E-state index contributed by atoms with van der Waals surface area (Å²) in [5, 5.41) is 3.15. The summed E-state index contributed by atoms with van der Waals surface area (Å²) >= 11 is 5.92.